The molecule has 0 aliphatic rings. The number of para-hydroxylation sites is 1. The summed E-state index contributed by atoms with van der Waals surface area (Å²) in [7, 11) is 0. The Morgan fingerprint density at radius 2 is 2.04 bits per heavy atom. The number of carbonyl (C=O) groups excluding carboxylic acids is 1. The molecule has 1 unspecified atom stereocenters. The number of amides is 1. The Balaban J connectivity index is 1.72. The Hall–Kier alpha value is -2.56. The summed E-state index contributed by atoms with van der Waals surface area (Å²) in [6, 6.07) is 13.4. The number of aryl methyl sites for hydroxylation is 1. The third-order valence-corrected chi connectivity index (χ3v) is 3.40. The normalized spacial score (nSPS) is 11.7. The summed E-state index contributed by atoms with van der Waals surface area (Å²) in [5.74, 6) is 0.0333. The van der Waals surface area contributed by atoms with E-state index in [4.69, 9.17) is 10.5 Å². The standard InChI is InChI=1S/C18H21FN2O2/c1-13(23-16-7-4-6-15(19)11-16)12-21-18(22)10-9-14-5-2-3-8-17(14)20/h2-8,11,13H,9-10,12,20H2,1H3,(H,21,22). The SMILES string of the molecule is CC(CNC(=O)CCc1ccccc1N)Oc1cccc(F)c1. The zero-order chi connectivity index (χ0) is 16.7. The molecule has 2 aromatic carbocycles. The number of nitrogens with two attached hydrogens (primary N) is 1. The van der Waals surface area contributed by atoms with Gasteiger partial charge in [0.2, 0.25) is 5.91 Å². The first-order valence-electron chi connectivity index (χ1n) is 7.57. The van der Waals surface area contributed by atoms with Crippen LogP contribution >= 0.6 is 0 Å². The smallest absolute Gasteiger partial charge is 0.220 e. The molecule has 0 aromatic heterocycles. The van der Waals surface area contributed by atoms with Crippen LogP contribution in [0.2, 0.25) is 0 Å². The highest BCUT2D eigenvalue weighted by atomic mass is 19.1. The molecule has 4 nitrogen and oxygen atoms in total. The van der Waals surface area contributed by atoms with E-state index in [0.29, 0.717) is 30.8 Å². The molecule has 0 fully saturated rings. The average molecular weight is 316 g/mol. The van der Waals surface area contributed by atoms with Crippen LogP contribution in [0.4, 0.5) is 10.1 Å². The Morgan fingerprint density at radius 3 is 2.78 bits per heavy atom. The third-order valence-electron chi connectivity index (χ3n) is 3.40. The minimum absolute atomic E-state index is 0.0667. The fourth-order valence-electron chi connectivity index (χ4n) is 2.17. The predicted octanol–water partition coefficient (Wildman–Crippen LogP) is 2.92. The first-order valence-corrected chi connectivity index (χ1v) is 7.57. The number of ether oxygens (including phenoxy) is 1. The van der Waals surface area contributed by atoms with Crippen LogP contribution in [-0.2, 0) is 11.2 Å². The number of anilines is 1. The molecule has 1 amide bonds. The fourth-order valence-corrected chi connectivity index (χ4v) is 2.17. The lowest BCUT2D eigenvalue weighted by molar-refractivity contribution is -0.121. The molecule has 122 valence electrons. The van der Waals surface area contributed by atoms with E-state index in [9.17, 15) is 9.18 Å². The van der Waals surface area contributed by atoms with Crippen LogP contribution in [0.1, 0.15) is 18.9 Å². The van der Waals surface area contributed by atoms with E-state index in [1.165, 1.54) is 12.1 Å². The fraction of sp³-hybridized carbons (Fsp3) is 0.278. The highest BCUT2D eigenvalue weighted by Crippen LogP contribution is 2.14. The lowest BCUT2D eigenvalue weighted by Crippen LogP contribution is -2.33. The molecule has 0 aliphatic carbocycles. The van der Waals surface area contributed by atoms with Crippen LogP contribution < -0.4 is 15.8 Å². The van der Waals surface area contributed by atoms with Crippen molar-refractivity contribution in [3.05, 3.63) is 59.9 Å². The Kier molecular flexibility index (Phi) is 5.97. The number of carbonyl (C=O) groups is 1. The number of rotatable bonds is 7. The molecule has 0 radical (unpaired) electrons. The van der Waals surface area contributed by atoms with E-state index in [0.717, 1.165) is 5.56 Å². The van der Waals surface area contributed by atoms with Crippen molar-refractivity contribution in [2.45, 2.75) is 25.9 Å². The van der Waals surface area contributed by atoms with E-state index in [2.05, 4.69) is 5.32 Å². The summed E-state index contributed by atoms with van der Waals surface area (Å²) in [6.07, 6.45) is 0.709. The van der Waals surface area contributed by atoms with Gasteiger partial charge in [0.25, 0.3) is 0 Å². The summed E-state index contributed by atoms with van der Waals surface area (Å²) in [5, 5.41) is 2.81. The van der Waals surface area contributed by atoms with E-state index in [1.54, 1.807) is 12.1 Å². The molecular formula is C18H21FN2O2. The maximum atomic E-state index is 13.1. The molecule has 1 atom stereocenters. The molecule has 2 rings (SSSR count). The Bertz CT molecular complexity index is 661. The predicted molar refractivity (Wildman–Crippen MR) is 88.7 cm³/mol. The number of benzene rings is 2. The van der Waals surface area contributed by atoms with E-state index in [-0.39, 0.29) is 17.8 Å². The van der Waals surface area contributed by atoms with Crippen molar-refractivity contribution in [1.82, 2.24) is 5.32 Å². The quantitative estimate of drug-likeness (QED) is 0.772. The van der Waals surface area contributed by atoms with Crippen molar-refractivity contribution in [2.24, 2.45) is 0 Å². The second-order valence-corrected chi connectivity index (χ2v) is 5.39. The number of halogens is 1. The van der Waals surface area contributed by atoms with Gasteiger partial charge in [-0.25, -0.2) is 4.39 Å². The van der Waals surface area contributed by atoms with Crippen molar-refractivity contribution in [3.63, 3.8) is 0 Å². The van der Waals surface area contributed by atoms with Gasteiger partial charge < -0.3 is 15.8 Å². The lowest BCUT2D eigenvalue weighted by atomic mass is 10.1. The summed E-state index contributed by atoms with van der Waals surface area (Å²) in [4.78, 5) is 11.9. The van der Waals surface area contributed by atoms with Crippen molar-refractivity contribution in [1.29, 1.82) is 0 Å². The molecule has 5 heteroatoms. The maximum Gasteiger partial charge on any atom is 0.220 e. The Morgan fingerprint density at radius 1 is 1.26 bits per heavy atom. The topological polar surface area (TPSA) is 64.4 Å². The zero-order valence-corrected chi connectivity index (χ0v) is 13.1. The van der Waals surface area contributed by atoms with Crippen molar-refractivity contribution in [3.8, 4) is 5.75 Å². The van der Waals surface area contributed by atoms with Crippen LogP contribution in [0.3, 0.4) is 0 Å². The van der Waals surface area contributed by atoms with Gasteiger partial charge in [0, 0.05) is 18.2 Å². The van der Waals surface area contributed by atoms with Gasteiger partial charge in [0.05, 0.1) is 6.54 Å². The molecule has 0 heterocycles. The molecular weight excluding hydrogens is 295 g/mol. The van der Waals surface area contributed by atoms with Gasteiger partial charge in [0.1, 0.15) is 17.7 Å². The molecule has 0 saturated heterocycles. The van der Waals surface area contributed by atoms with Crippen LogP contribution in [0.15, 0.2) is 48.5 Å². The van der Waals surface area contributed by atoms with Crippen LogP contribution in [0.25, 0.3) is 0 Å². The highest BCUT2D eigenvalue weighted by molar-refractivity contribution is 5.76. The average Bonchev–Trinajstić information content (AvgIpc) is 2.52. The Labute approximate surface area is 135 Å². The number of nitrogens with one attached hydrogen (secondary N) is 1. The second-order valence-electron chi connectivity index (χ2n) is 5.39. The molecule has 0 saturated carbocycles. The van der Waals surface area contributed by atoms with Crippen molar-refractivity contribution >= 4 is 11.6 Å². The largest absolute Gasteiger partial charge is 0.489 e. The molecule has 0 bridgehead atoms. The molecule has 23 heavy (non-hydrogen) atoms. The van der Waals surface area contributed by atoms with Gasteiger partial charge in [-0.3, -0.25) is 4.79 Å². The van der Waals surface area contributed by atoms with Crippen molar-refractivity contribution in [2.75, 3.05) is 12.3 Å². The molecule has 0 aliphatic heterocycles. The third kappa shape index (κ3) is 5.62. The first kappa shape index (κ1) is 16.8. The van der Waals surface area contributed by atoms with E-state index in [1.807, 2.05) is 31.2 Å². The monoisotopic (exact) mass is 316 g/mol. The number of hydrogen-bond donors (Lipinski definition) is 2. The van der Waals surface area contributed by atoms with Gasteiger partial charge >= 0.3 is 0 Å². The zero-order valence-electron chi connectivity index (χ0n) is 13.1. The molecule has 3 N–H and O–H groups in total. The first-order chi connectivity index (χ1) is 11.0. The second kappa shape index (κ2) is 8.17. The van der Waals surface area contributed by atoms with Gasteiger partial charge in [-0.05, 0) is 37.1 Å². The lowest BCUT2D eigenvalue weighted by Gasteiger charge is -2.15. The summed E-state index contributed by atoms with van der Waals surface area (Å²) in [5.41, 5.74) is 7.51. The summed E-state index contributed by atoms with van der Waals surface area (Å²) in [6.45, 7) is 2.18. The molecule has 2 aromatic rings. The van der Waals surface area contributed by atoms with Crippen LogP contribution in [0.5, 0.6) is 5.75 Å². The minimum Gasteiger partial charge on any atom is -0.489 e. The van der Waals surface area contributed by atoms with Gasteiger partial charge in [0.15, 0.2) is 0 Å². The van der Waals surface area contributed by atoms with Crippen molar-refractivity contribution < 1.29 is 13.9 Å². The van der Waals surface area contributed by atoms with Gasteiger partial charge in [-0.1, -0.05) is 24.3 Å². The van der Waals surface area contributed by atoms with Crippen LogP contribution in [-0.4, -0.2) is 18.6 Å². The maximum absolute atomic E-state index is 13.1. The van der Waals surface area contributed by atoms with E-state index < -0.39 is 0 Å². The number of nitrogen functional groups attached to an aromatic ring is 1. The van der Waals surface area contributed by atoms with Gasteiger partial charge in [-0.2, -0.15) is 0 Å². The molecule has 0 spiro atoms. The van der Waals surface area contributed by atoms with Gasteiger partial charge in [-0.15, -0.1) is 0 Å². The summed E-state index contributed by atoms with van der Waals surface area (Å²) < 4.78 is 18.6. The number of hydrogen-bond acceptors (Lipinski definition) is 3. The summed E-state index contributed by atoms with van der Waals surface area (Å²) >= 11 is 0. The minimum atomic E-state index is -0.348. The van der Waals surface area contributed by atoms with Crippen LogP contribution in [0, 0.1) is 5.82 Å². The highest BCUT2D eigenvalue weighted by Gasteiger charge is 2.08. The van der Waals surface area contributed by atoms with E-state index >= 15 is 0 Å².